The van der Waals surface area contributed by atoms with Gasteiger partial charge in [-0.15, -0.1) is 0 Å². The molecule has 1 aromatic heterocycles. The van der Waals surface area contributed by atoms with Crippen LogP contribution >= 0.6 is 0 Å². The number of piperazine rings is 1. The lowest BCUT2D eigenvalue weighted by Crippen LogP contribution is -2.45. The van der Waals surface area contributed by atoms with E-state index in [4.69, 9.17) is 4.98 Å². The Balaban J connectivity index is 1.41. The molecular weight excluding hydrogens is 441 g/mol. The van der Waals surface area contributed by atoms with Crippen molar-refractivity contribution in [1.29, 1.82) is 5.26 Å². The van der Waals surface area contributed by atoms with Gasteiger partial charge in [0, 0.05) is 44.7 Å². The van der Waals surface area contributed by atoms with Gasteiger partial charge in [0.15, 0.2) is 0 Å². The van der Waals surface area contributed by atoms with Gasteiger partial charge in [-0.05, 0) is 74.7 Å². The van der Waals surface area contributed by atoms with Gasteiger partial charge in [-0.2, -0.15) is 5.26 Å². The molecule has 2 saturated heterocycles. The SMILES string of the molecule is CNCc1cc(C)c(C2CC3C(CC2C#N)NNC3c2cccc(N3CCN(C)CC3)n2)c(F)c1. The van der Waals surface area contributed by atoms with Crippen molar-refractivity contribution in [2.45, 2.75) is 44.3 Å². The first-order chi connectivity index (χ1) is 17.0. The molecule has 1 aromatic carbocycles. The smallest absolute Gasteiger partial charge is 0.128 e. The zero-order chi connectivity index (χ0) is 24.5. The molecule has 2 aliphatic heterocycles. The highest BCUT2D eigenvalue weighted by Crippen LogP contribution is 2.48. The summed E-state index contributed by atoms with van der Waals surface area (Å²) >= 11 is 0. The zero-order valence-electron chi connectivity index (χ0n) is 20.9. The van der Waals surface area contributed by atoms with Gasteiger partial charge in [0.25, 0.3) is 0 Å². The van der Waals surface area contributed by atoms with Crippen molar-refractivity contribution in [1.82, 2.24) is 26.1 Å². The first kappa shape index (κ1) is 24.1. The zero-order valence-corrected chi connectivity index (χ0v) is 20.9. The predicted octanol–water partition coefficient (Wildman–Crippen LogP) is 2.85. The van der Waals surface area contributed by atoms with Gasteiger partial charge in [0.05, 0.1) is 23.7 Å². The van der Waals surface area contributed by atoms with Crippen LogP contribution in [-0.4, -0.2) is 56.2 Å². The van der Waals surface area contributed by atoms with E-state index in [1.54, 1.807) is 6.07 Å². The Labute approximate surface area is 207 Å². The van der Waals surface area contributed by atoms with E-state index >= 15 is 4.39 Å². The lowest BCUT2D eigenvalue weighted by molar-refractivity contribution is 0.233. The molecule has 1 saturated carbocycles. The summed E-state index contributed by atoms with van der Waals surface area (Å²) in [6.45, 7) is 6.62. The van der Waals surface area contributed by atoms with E-state index in [1.807, 2.05) is 14.0 Å². The van der Waals surface area contributed by atoms with Crippen molar-refractivity contribution >= 4 is 5.82 Å². The van der Waals surface area contributed by atoms with Crippen LogP contribution in [0.3, 0.4) is 0 Å². The first-order valence-electron chi connectivity index (χ1n) is 12.7. The fraction of sp³-hybridized carbons (Fsp3) is 0.556. The summed E-state index contributed by atoms with van der Waals surface area (Å²) in [4.78, 5) is 9.75. The van der Waals surface area contributed by atoms with Crippen LogP contribution < -0.4 is 21.1 Å². The lowest BCUT2D eigenvalue weighted by Gasteiger charge is -2.37. The van der Waals surface area contributed by atoms with Crippen LogP contribution in [0.1, 0.15) is 47.2 Å². The number of benzene rings is 1. The normalized spacial score (nSPS) is 29.1. The number of nitrogens with one attached hydrogen (secondary N) is 3. The maximum absolute atomic E-state index is 15.4. The van der Waals surface area contributed by atoms with Gasteiger partial charge in [0.1, 0.15) is 11.6 Å². The Kier molecular flexibility index (Phi) is 7.03. The standard InChI is InChI=1S/C27H36FN7/c1-17-11-18(16-30-2)12-22(28)26(17)20-14-21-24(13-19(20)15-29)32-33-27(21)23-5-4-6-25(31-23)35-9-7-34(3)8-10-35/h4-6,11-12,19-21,24,27,30,32-33H,7-10,13-14,16H2,1-3H3. The number of hydrazine groups is 1. The van der Waals surface area contributed by atoms with E-state index in [0.717, 1.165) is 55.2 Å². The molecule has 0 amide bonds. The molecule has 3 heterocycles. The molecule has 0 radical (unpaired) electrons. The second kappa shape index (κ2) is 10.2. The number of nitrogens with zero attached hydrogens (tertiary/aromatic N) is 4. The third-order valence-electron chi connectivity index (χ3n) is 8.10. The van der Waals surface area contributed by atoms with E-state index in [1.165, 1.54) is 0 Å². The molecule has 0 bridgehead atoms. The molecule has 8 heteroatoms. The lowest BCUT2D eigenvalue weighted by atomic mass is 9.67. The molecule has 2 aromatic rings. The number of aromatic nitrogens is 1. The van der Waals surface area contributed by atoms with E-state index in [9.17, 15) is 5.26 Å². The Hall–Kier alpha value is -2.57. The molecule has 0 spiro atoms. The number of aryl methyl sites for hydroxylation is 1. The average Bonchev–Trinajstić information content (AvgIpc) is 3.27. The predicted molar refractivity (Wildman–Crippen MR) is 135 cm³/mol. The van der Waals surface area contributed by atoms with E-state index < -0.39 is 0 Å². The van der Waals surface area contributed by atoms with Crippen LogP contribution in [0.5, 0.6) is 0 Å². The molecule has 186 valence electrons. The highest BCUT2D eigenvalue weighted by Gasteiger charge is 2.46. The molecular formula is C27H36FN7. The number of likely N-dealkylation sites (N-methyl/N-ethyl adjacent to an activating group) is 1. The minimum atomic E-state index is -0.225. The number of fused-ring (bicyclic) bond motifs is 1. The number of hydrogen-bond donors (Lipinski definition) is 3. The second-order valence-electron chi connectivity index (χ2n) is 10.4. The molecule has 5 rings (SSSR count). The molecule has 3 fully saturated rings. The fourth-order valence-corrected chi connectivity index (χ4v) is 6.25. The van der Waals surface area contributed by atoms with Crippen molar-refractivity contribution in [2.75, 3.05) is 45.2 Å². The fourth-order valence-electron chi connectivity index (χ4n) is 6.25. The van der Waals surface area contributed by atoms with Crippen LogP contribution in [0.4, 0.5) is 10.2 Å². The van der Waals surface area contributed by atoms with Gasteiger partial charge in [-0.25, -0.2) is 14.8 Å². The van der Waals surface area contributed by atoms with Crippen molar-refractivity contribution in [3.8, 4) is 6.07 Å². The quantitative estimate of drug-likeness (QED) is 0.611. The van der Waals surface area contributed by atoms with Crippen molar-refractivity contribution in [3.63, 3.8) is 0 Å². The van der Waals surface area contributed by atoms with Gasteiger partial charge >= 0.3 is 0 Å². The summed E-state index contributed by atoms with van der Waals surface area (Å²) in [6.07, 6.45) is 1.45. The van der Waals surface area contributed by atoms with Gasteiger partial charge < -0.3 is 15.1 Å². The molecule has 35 heavy (non-hydrogen) atoms. The van der Waals surface area contributed by atoms with Crippen LogP contribution in [-0.2, 0) is 6.54 Å². The molecule has 1 aliphatic carbocycles. The van der Waals surface area contributed by atoms with Crippen LogP contribution in [0.15, 0.2) is 30.3 Å². The highest BCUT2D eigenvalue weighted by molar-refractivity contribution is 5.41. The summed E-state index contributed by atoms with van der Waals surface area (Å²) in [6, 6.07) is 12.6. The highest BCUT2D eigenvalue weighted by atomic mass is 19.1. The summed E-state index contributed by atoms with van der Waals surface area (Å²) in [7, 11) is 4.02. The van der Waals surface area contributed by atoms with Crippen molar-refractivity contribution in [2.24, 2.45) is 11.8 Å². The maximum atomic E-state index is 15.4. The molecule has 3 N–H and O–H groups in total. The topological polar surface area (TPSA) is 79.2 Å². The van der Waals surface area contributed by atoms with E-state index in [2.05, 4.69) is 63.4 Å². The van der Waals surface area contributed by atoms with E-state index in [0.29, 0.717) is 18.5 Å². The number of pyridine rings is 1. The third kappa shape index (κ3) is 4.78. The molecule has 7 nitrogen and oxygen atoms in total. The minimum Gasteiger partial charge on any atom is -0.354 e. The van der Waals surface area contributed by atoms with Crippen molar-refractivity contribution in [3.05, 3.63) is 58.5 Å². The number of anilines is 1. The van der Waals surface area contributed by atoms with Gasteiger partial charge in [-0.3, -0.25) is 5.43 Å². The summed E-state index contributed by atoms with van der Waals surface area (Å²) < 4.78 is 15.4. The Morgan fingerprint density at radius 3 is 2.69 bits per heavy atom. The van der Waals surface area contributed by atoms with Crippen LogP contribution in [0.25, 0.3) is 0 Å². The maximum Gasteiger partial charge on any atom is 0.128 e. The second-order valence-corrected chi connectivity index (χ2v) is 10.4. The number of hydrogen-bond acceptors (Lipinski definition) is 7. The third-order valence-corrected chi connectivity index (χ3v) is 8.10. The number of halogens is 1. The summed E-state index contributed by atoms with van der Waals surface area (Å²) in [5.74, 6) is 0.706. The largest absolute Gasteiger partial charge is 0.354 e. The van der Waals surface area contributed by atoms with Gasteiger partial charge in [0.2, 0.25) is 0 Å². The Bertz CT molecular complexity index is 1070. The van der Waals surface area contributed by atoms with Crippen LogP contribution in [0, 0.1) is 35.9 Å². The van der Waals surface area contributed by atoms with Gasteiger partial charge in [-0.1, -0.05) is 12.1 Å². The monoisotopic (exact) mass is 477 g/mol. The Morgan fingerprint density at radius 2 is 1.97 bits per heavy atom. The average molecular weight is 478 g/mol. The molecule has 3 aliphatic rings. The Morgan fingerprint density at radius 1 is 1.17 bits per heavy atom. The molecule has 5 unspecified atom stereocenters. The van der Waals surface area contributed by atoms with Crippen molar-refractivity contribution < 1.29 is 4.39 Å². The van der Waals surface area contributed by atoms with E-state index in [-0.39, 0.29) is 35.7 Å². The minimum absolute atomic E-state index is 0.0292. The summed E-state index contributed by atoms with van der Waals surface area (Å²) in [5.41, 5.74) is 10.5. The summed E-state index contributed by atoms with van der Waals surface area (Å²) in [5, 5.41) is 13.1. The molecule has 5 atom stereocenters. The number of rotatable bonds is 5. The first-order valence-corrected chi connectivity index (χ1v) is 12.7. The van der Waals surface area contributed by atoms with Crippen LogP contribution in [0.2, 0.25) is 0 Å². The number of nitriles is 1.